The van der Waals surface area contributed by atoms with Crippen LogP contribution in [0.5, 0.6) is 0 Å². The minimum atomic E-state index is -0.709. The molecule has 0 unspecified atom stereocenters. The summed E-state index contributed by atoms with van der Waals surface area (Å²) in [6.07, 6.45) is 3.09. The highest BCUT2D eigenvalue weighted by Gasteiger charge is 2.16. The van der Waals surface area contributed by atoms with Gasteiger partial charge in [0.1, 0.15) is 0 Å². The van der Waals surface area contributed by atoms with Crippen LogP contribution in [0, 0.1) is 0 Å². The van der Waals surface area contributed by atoms with Gasteiger partial charge in [0, 0.05) is 31.5 Å². The Morgan fingerprint density at radius 3 is 2.55 bits per heavy atom. The molecule has 1 heterocycles. The number of nitrogens with one attached hydrogen (secondary N) is 3. The summed E-state index contributed by atoms with van der Waals surface area (Å²) in [6.45, 7) is 2.35. The molecule has 0 saturated heterocycles. The van der Waals surface area contributed by atoms with E-state index in [4.69, 9.17) is 0 Å². The molecule has 0 spiro atoms. The van der Waals surface area contributed by atoms with Gasteiger partial charge in [-0.15, -0.1) is 0 Å². The molecule has 1 aromatic heterocycles. The van der Waals surface area contributed by atoms with Gasteiger partial charge in [-0.1, -0.05) is 18.2 Å². The topological polar surface area (TPSA) is 88.0 Å². The number of para-hydroxylation sites is 1. The summed E-state index contributed by atoms with van der Waals surface area (Å²) >= 11 is 0. The normalized spacial score (nSPS) is 11.5. The predicted molar refractivity (Wildman–Crippen MR) is 84.4 cm³/mol. The molecule has 116 valence electrons. The van der Waals surface area contributed by atoms with Crippen molar-refractivity contribution in [3.8, 4) is 0 Å². The van der Waals surface area contributed by atoms with Gasteiger partial charge in [0.25, 0.3) is 0 Å². The van der Waals surface area contributed by atoms with E-state index in [1.54, 1.807) is 17.9 Å². The lowest BCUT2D eigenvalue weighted by Crippen LogP contribution is -2.43. The summed E-state index contributed by atoms with van der Waals surface area (Å²) in [5, 5.41) is 12.2. The molecule has 2 rings (SSSR count). The number of rotatable bonds is 5. The van der Waals surface area contributed by atoms with Crippen LogP contribution in [0.3, 0.4) is 0 Å². The SMILES string of the molecule is C[C@H](CNc1ccccc1)NC(=O)C(=O)Nc1cnn(C)c1. The third-order valence-electron chi connectivity index (χ3n) is 2.93. The molecule has 0 radical (unpaired) electrons. The van der Waals surface area contributed by atoms with Crippen LogP contribution in [-0.2, 0) is 16.6 Å². The fourth-order valence-corrected chi connectivity index (χ4v) is 1.84. The van der Waals surface area contributed by atoms with Crippen molar-refractivity contribution >= 4 is 23.2 Å². The van der Waals surface area contributed by atoms with Gasteiger partial charge in [-0.3, -0.25) is 14.3 Å². The molecule has 0 aliphatic heterocycles. The molecule has 0 aliphatic rings. The summed E-state index contributed by atoms with van der Waals surface area (Å²) < 4.78 is 1.54. The lowest BCUT2D eigenvalue weighted by atomic mass is 10.3. The summed E-state index contributed by atoms with van der Waals surface area (Å²) in [5.74, 6) is -1.38. The summed E-state index contributed by atoms with van der Waals surface area (Å²) in [7, 11) is 1.73. The number of carbonyl (C=O) groups is 2. The number of anilines is 2. The van der Waals surface area contributed by atoms with Crippen molar-refractivity contribution in [2.24, 2.45) is 7.05 Å². The van der Waals surface area contributed by atoms with E-state index in [2.05, 4.69) is 21.0 Å². The van der Waals surface area contributed by atoms with Gasteiger partial charge in [0.2, 0.25) is 0 Å². The Kier molecular flexibility index (Phi) is 5.13. The first kappa shape index (κ1) is 15.6. The van der Waals surface area contributed by atoms with Crippen LogP contribution in [-0.4, -0.2) is 34.2 Å². The maximum absolute atomic E-state index is 11.8. The van der Waals surface area contributed by atoms with Crippen molar-refractivity contribution in [1.29, 1.82) is 0 Å². The fraction of sp³-hybridized carbons (Fsp3) is 0.267. The zero-order valence-corrected chi connectivity index (χ0v) is 12.5. The van der Waals surface area contributed by atoms with Gasteiger partial charge in [0.15, 0.2) is 0 Å². The molecule has 1 aromatic carbocycles. The molecule has 0 aliphatic carbocycles. The standard InChI is InChI=1S/C15H19N5O2/c1-11(8-16-12-6-4-3-5-7-12)18-14(21)15(22)19-13-9-17-20(2)10-13/h3-7,9-11,16H,8H2,1-2H3,(H,18,21)(H,19,22)/t11-/m1/s1. The van der Waals surface area contributed by atoms with Crippen LogP contribution < -0.4 is 16.0 Å². The van der Waals surface area contributed by atoms with E-state index < -0.39 is 11.8 Å². The zero-order chi connectivity index (χ0) is 15.9. The number of benzene rings is 1. The van der Waals surface area contributed by atoms with Crippen molar-refractivity contribution in [2.45, 2.75) is 13.0 Å². The van der Waals surface area contributed by atoms with E-state index in [1.165, 1.54) is 6.20 Å². The van der Waals surface area contributed by atoms with Crippen molar-refractivity contribution in [1.82, 2.24) is 15.1 Å². The molecule has 0 saturated carbocycles. The van der Waals surface area contributed by atoms with Crippen molar-refractivity contribution in [3.05, 3.63) is 42.7 Å². The van der Waals surface area contributed by atoms with E-state index in [1.807, 2.05) is 37.3 Å². The molecule has 3 N–H and O–H groups in total. The first-order chi connectivity index (χ1) is 10.5. The van der Waals surface area contributed by atoms with Crippen LogP contribution in [0.4, 0.5) is 11.4 Å². The largest absolute Gasteiger partial charge is 0.383 e. The van der Waals surface area contributed by atoms with E-state index >= 15 is 0 Å². The van der Waals surface area contributed by atoms with Gasteiger partial charge in [0.05, 0.1) is 11.9 Å². The Morgan fingerprint density at radius 1 is 1.18 bits per heavy atom. The molecule has 1 atom stereocenters. The highest BCUT2D eigenvalue weighted by Crippen LogP contribution is 2.05. The fourth-order valence-electron chi connectivity index (χ4n) is 1.84. The number of hydrogen-bond donors (Lipinski definition) is 3. The lowest BCUT2D eigenvalue weighted by Gasteiger charge is -2.15. The first-order valence-corrected chi connectivity index (χ1v) is 6.94. The minimum absolute atomic E-state index is 0.188. The maximum atomic E-state index is 11.8. The second-order valence-corrected chi connectivity index (χ2v) is 4.98. The first-order valence-electron chi connectivity index (χ1n) is 6.94. The van der Waals surface area contributed by atoms with Gasteiger partial charge < -0.3 is 16.0 Å². The third-order valence-corrected chi connectivity index (χ3v) is 2.93. The Bertz CT molecular complexity index is 638. The Morgan fingerprint density at radius 2 is 1.91 bits per heavy atom. The summed E-state index contributed by atoms with van der Waals surface area (Å²) in [4.78, 5) is 23.5. The molecule has 2 aromatic rings. The number of aromatic nitrogens is 2. The van der Waals surface area contributed by atoms with E-state index in [0.717, 1.165) is 5.69 Å². The second kappa shape index (κ2) is 7.26. The number of aryl methyl sites for hydroxylation is 1. The van der Waals surface area contributed by atoms with E-state index in [0.29, 0.717) is 12.2 Å². The highest BCUT2D eigenvalue weighted by molar-refractivity contribution is 6.39. The highest BCUT2D eigenvalue weighted by atomic mass is 16.2. The quantitative estimate of drug-likeness (QED) is 0.718. The zero-order valence-electron chi connectivity index (χ0n) is 12.5. The maximum Gasteiger partial charge on any atom is 0.313 e. The van der Waals surface area contributed by atoms with Crippen LogP contribution in [0.1, 0.15) is 6.92 Å². The average molecular weight is 301 g/mol. The van der Waals surface area contributed by atoms with Gasteiger partial charge in [-0.05, 0) is 19.1 Å². The van der Waals surface area contributed by atoms with Gasteiger partial charge >= 0.3 is 11.8 Å². The Hall–Kier alpha value is -2.83. The number of amides is 2. The van der Waals surface area contributed by atoms with Gasteiger partial charge in [-0.2, -0.15) is 5.10 Å². The van der Waals surface area contributed by atoms with Crippen molar-refractivity contribution in [3.63, 3.8) is 0 Å². The molecule has 0 bridgehead atoms. The van der Waals surface area contributed by atoms with E-state index in [9.17, 15) is 9.59 Å². The molecular weight excluding hydrogens is 282 g/mol. The van der Waals surface area contributed by atoms with Crippen LogP contribution in [0.15, 0.2) is 42.7 Å². The number of carbonyl (C=O) groups excluding carboxylic acids is 2. The molecule has 2 amide bonds. The second-order valence-electron chi connectivity index (χ2n) is 4.98. The Balaban J connectivity index is 1.76. The number of nitrogens with zero attached hydrogens (tertiary/aromatic N) is 2. The van der Waals surface area contributed by atoms with Gasteiger partial charge in [-0.25, -0.2) is 0 Å². The average Bonchev–Trinajstić information content (AvgIpc) is 2.91. The molecule has 7 nitrogen and oxygen atoms in total. The van der Waals surface area contributed by atoms with Crippen LogP contribution in [0.25, 0.3) is 0 Å². The summed E-state index contributed by atoms with van der Waals surface area (Å²) in [5.41, 5.74) is 1.45. The lowest BCUT2D eigenvalue weighted by molar-refractivity contribution is -0.136. The smallest absolute Gasteiger partial charge is 0.313 e. The third kappa shape index (κ3) is 4.62. The minimum Gasteiger partial charge on any atom is -0.383 e. The van der Waals surface area contributed by atoms with Crippen LogP contribution in [0.2, 0.25) is 0 Å². The molecule has 7 heteroatoms. The van der Waals surface area contributed by atoms with Crippen molar-refractivity contribution < 1.29 is 9.59 Å². The van der Waals surface area contributed by atoms with Crippen LogP contribution >= 0.6 is 0 Å². The van der Waals surface area contributed by atoms with E-state index in [-0.39, 0.29) is 6.04 Å². The molecule has 22 heavy (non-hydrogen) atoms. The monoisotopic (exact) mass is 301 g/mol. The predicted octanol–water partition coefficient (Wildman–Crippen LogP) is 0.975. The number of hydrogen-bond acceptors (Lipinski definition) is 4. The summed E-state index contributed by atoms with van der Waals surface area (Å²) in [6, 6.07) is 9.46. The molecule has 0 fully saturated rings. The van der Waals surface area contributed by atoms with Crippen molar-refractivity contribution in [2.75, 3.05) is 17.2 Å². The Labute approximate surface area is 128 Å². The molecular formula is C15H19N5O2.